The van der Waals surface area contributed by atoms with Crippen molar-refractivity contribution in [2.45, 2.75) is 31.9 Å². The minimum Gasteiger partial charge on any atom is -0.377 e. The molecular formula is C25H26FN3O. The monoisotopic (exact) mass is 403 g/mol. The van der Waals surface area contributed by atoms with Crippen LogP contribution in [-0.4, -0.2) is 46.7 Å². The van der Waals surface area contributed by atoms with Gasteiger partial charge in [0.1, 0.15) is 5.82 Å². The van der Waals surface area contributed by atoms with Gasteiger partial charge in [0.2, 0.25) is 0 Å². The maximum atomic E-state index is 13.5. The number of ether oxygens (including phenoxy) is 1. The van der Waals surface area contributed by atoms with Crippen molar-refractivity contribution in [2.75, 3.05) is 19.7 Å². The van der Waals surface area contributed by atoms with Crippen molar-refractivity contribution in [1.82, 2.24) is 14.9 Å². The number of nitrogens with one attached hydrogen (secondary N) is 1. The molecule has 5 heteroatoms. The van der Waals surface area contributed by atoms with Crippen LogP contribution in [0.2, 0.25) is 0 Å². The van der Waals surface area contributed by atoms with E-state index in [0.717, 1.165) is 54.9 Å². The van der Waals surface area contributed by atoms with Crippen molar-refractivity contribution < 1.29 is 9.13 Å². The lowest BCUT2D eigenvalue weighted by molar-refractivity contribution is 0.0698. The summed E-state index contributed by atoms with van der Waals surface area (Å²) in [6, 6.07) is 11.3. The fourth-order valence-corrected chi connectivity index (χ4v) is 4.85. The number of aromatic nitrogens is 2. The molecule has 0 spiro atoms. The standard InChI is InChI=1S/C25H26FN3O/c1-2-30-22-14-21-13-19(9-12-29(21)16-22)23-15-28-25(18-3-5-20(26)6-4-18)24(23)17-7-10-27-11-8-17/h3-11,15,21-22,28H,2,12-14,16H2,1H3/t21-,22-/m1/s1. The van der Waals surface area contributed by atoms with E-state index in [0.29, 0.717) is 12.1 Å². The van der Waals surface area contributed by atoms with E-state index in [1.807, 2.05) is 36.7 Å². The van der Waals surface area contributed by atoms with Gasteiger partial charge in [0.05, 0.1) is 11.8 Å². The fourth-order valence-electron chi connectivity index (χ4n) is 4.85. The van der Waals surface area contributed by atoms with E-state index in [1.165, 1.54) is 23.3 Å². The van der Waals surface area contributed by atoms with Crippen molar-refractivity contribution in [3.63, 3.8) is 0 Å². The Morgan fingerprint density at radius 1 is 1.13 bits per heavy atom. The van der Waals surface area contributed by atoms with E-state index in [-0.39, 0.29) is 5.82 Å². The molecule has 2 aliphatic rings. The Morgan fingerprint density at radius 3 is 2.70 bits per heavy atom. The number of pyridine rings is 1. The van der Waals surface area contributed by atoms with Crippen LogP contribution in [0.3, 0.4) is 0 Å². The summed E-state index contributed by atoms with van der Waals surface area (Å²) < 4.78 is 19.4. The zero-order chi connectivity index (χ0) is 20.5. The zero-order valence-corrected chi connectivity index (χ0v) is 17.1. The maximum absolute atomic E-state index is 13.5. The van der Waals surface area contributed by atoms with Gasteiger partial charge < -0.3 is 9.72 Å². The molecule has 4 heterocycles. The Hall–Kier alpha value is -2.76. The van der Waals surface area contributed by atoms with Crippen LogP contribution >= 0.6 is 0 Å². The van der Waals surface area contributed by atoms with Crippen LogP contribution < -0.4 is 0 Å². The second-order valence-corrected chi connectivity index (χ2v) is 8.05. The van der Waals surface area contributed by atoms with E-state index in [9.17, 15) is 4.39 Å². The Bertz CT molecular complexity index is 1040. The van der Waals surface area contributed by atoms with Crippen LogP contribution in [0.15, 0.2) is 61.1 Å². The summed E-state index contributed by atoms with van der Waals surface area (Å²) >= 11 is 0. The van der Waals surface area contributed by atoms with E-state index in [1.54, 1.807) is 0 Å². The van der Waals surface area contributed by atoms with Crippen molar-refractivity contribution in [2.24, 2.45) is 0 Å². The molecular weight excluding hydrogens is 377 g/mol. The first-order valence-electron chi connectivity index (χ1n) is 10.7. The van der Waals surface area contributed by atoms with E-state index >= 15 is 0 Å². The highest BCUT2D eigenvalue weighted by atomic mass is 19.1. The first-order chi connectivity index (χ1) is 14.7. The second kappa shape index (κ2) is 8.17. The molecule has 2 aliphatic heterocycles. The topological polar surface area (TPSA) is 41.1 Å². The third-order valence-corrected chi connectivity index (χ3v) is 6.25. The lowest BCUT2D eigenvalue weighted by Crippen LogP contribution is -2.33. The molecule has 0 amide bonds. The molecule has 2 atom stereocenters. The summed E-state index contributed by atoms with van der Waals surface area (Å²) in [5, 5.41) is 0. The molecule has 1 N–H and O–H groups in total. The molecule has 0 unspecified atom stereocenters. The molecule has 5 rings (SSSR count). The van der Waals surface area contributed by atoms with Crippen LogP contribution in [0.5, 0.6) is 0 Å². The highest BCUT2D eigenvalue weighted by molar-refractivity contribution is 5.91. The van der Waals surface area contributed by atoms with E-state index in [2.05, 4.69) is 34.1 Å². The Labute approximate surface area is 176 Å². The van der Waals surface area contributed by atoms with E-state index in [4.69, 9.17) is 4.74 Å². The molecule has 1 fully saturated rings. The summed E-state index contributed by atoms with van der Waals surface area (Å²) in [4.78, 5) is 10.2. The number of aromatic amines is 1. The number of hydrogen-bond donors (Lipinski definition) is 1. The van der Waals surface area contributed by atoms with Gasteiger partial charge >= 0.3 is 0 Å². The van der Waals surface area contributed by atoms with Crippen molar-refractivity contribution >= 4 is 5.57 Å². The second-order valence-electron chi connectivity index (χ2n) is 8.05. The minimum absolute atomic E-state index is 0.226. The largest absolute Gasteiger partial charge is 0.377 e. The predicted molar refractivity (Wildman–Crippen MR) is 117 cm³/mol. The molecule has 0 aliphatic carbocycles. The number of fused-ring (bicyclic) bond motifs is 1. The average Bonchev–Trinajstić information content (AvgIpc) is 3.38. The van der Waals surface area contributed by atoms with Crippen LogP contribution in [-0.2, 0) is 4.74 Å². The number of hydrogen-bond acceptors (Lipinski definition) is 3. The van der Waals surface area contributed by atoms with Gasteiger partial charge in [0.15, 0.2) is 0 Å². The molecule has 1 aromatic carbocycles. The highest BCUT2D eigenvalue weighted by Gasteiger charge is 2.35. The number of halogens is 1. The smallest absolute Gasteiger partial charge is 0.123 e. The summed E-state index contributed by atoms with van der Waals surface area (Å²) in [6.07, 6.45) is 10.5. The van der Waals surface area contributed by atoms with Crippen LogP contribution in [0, 0.1) is 5.82 Å². The summed E-state index contributed by atoms with van der Waals surface area (Å²) in [5.74, 6) is -0.226. The van der Waals surface area contributed by atoms with Gasteiger partial charge in [0, 0.05) is 55.5 Å². The average molecular weight is 404 g/mol. The number of benzene rings is 1. The van der Waals surface area contributed by atoms with Crippen LogP contribution in [0.1, 0.15) is 25.3 Å². The van der Waals surface area contributed by atoms with Crippen molar-refractivity contribution in [1.29, 1.82) is 0 Å². The number of rotatable bonds is 5. The maximum Gasteiger partial charge on any atom is 0.123 e. The SMILES string of the molecule is CCO[C@@H]1C[C@H]2CC(c3c[nH]c(-c4ccc(F)cc4)c3-c3ccncc3)=CCN2C1. The third kappa shape index (κ3) is 3.59. The third-order valence-electron chi connectivity index (χ3n) is 6.25. The Balaban J connectivity index is 1.52. The number of H-pyrrole nitrogens is 1. The first kappa shape index (κ1) is 19.2. The molecule has 3 aromatic rings. The molecule has 154 valence electrons. The van der Waals surface area contributed by atoms with E-state index < -0.39 is 0 Å². The van der Waals surface area contributed by atoms with Crippen LogP contribution in [0.25, 0.3) is 28.0 Å². The van der Waals surface area contributed by atoms with Gasteiger partial charge in [-0.3, -0.25) is 9.88 Å². The number of nitrogens with zero attached hydrogens (tertiary/aromatic N) is 2. The van der Waals surface area contributed by atoms with Crippen molar-refractivity contribution in [3.8, 4) is 22.4 Å². The summed E-state index contributed by atoms with van der Waals surface area (Å²) in [7, 11) is 0. The quantitative estimate of drug-likeness (QED) is 0.641. The Kier molecular flexibility index (Phi) is 5.23. The van der Waals surface area contributed by atoms with Gasteiger partial charge in [-0.1, -0.05) is 6.08 Å². The highest BCUT2D eigenvalue weighted by Crippen LogP contribution is 2.41. The first-order valence-corrected chi connectivity index (χ1v) is 10.7. The lowest BCUT2D eigenvalue weighted by atomic mass is 9.89. The zero-order valence-electron chi connectivity index (χ0n) is 17.1. The molecule has 1 saturated heterocycles. The fraction of sp³-hybridized carbons (Fsp3) is 0.320. The molecule has 0 saturated carbocycles. The minimum atomic E-state index is -0.226. The van der Waals surface area contributed by atoms with Gasteiger partial charge in [-0.05, 0) is 72.9 Å². The molecule has 0 radical (unpaired) electrons. The normalized spacial score (nSPS) is 21.5. The van der Waals surface area contributed by atoms with Gasteiger partial charge in [0.25, 0.3) is 0 Å². The molecule has 4 nitrogen and oxygen atoms in total. The lowest BCUT2D eigenvalue weighted by Gasteiger charge is -2.29. The molecule has 2 aromatic heterocycles. The summed E-state index contributed by atoms with van der Waals surface area (Å²) in [6.45, 7) is 4.82. The predicted octanol–water partition coefficient (Wildman–Crippen LogP) is 5.15. The van der Waals surface area contributed by atoms with Gasteiger partial charge in [-0.25, -0.2) is 4.39 Å². The van der Waals surface area contributed by atoms with Gasteiger partial charge in [-0.2, -0.15) is 0 Å². The van der Waals surface area contributed by atoms with Gasteiger partial charge in [-0.15, -0.1) is 0 Å². The van der Waals surface area contributed by atoms with Crippen LogP contribution in [0.4, 0.5) is 4.39 Å². The molecule has 0 bridgehead atoms. The Morgan fingerprint density at radius 2 is 1.93 bits per heavy atom. The van der Waals surface area contributed by atoms with Crippen molar-refractivity contribution in [3.05, 3.63) is 72.4 Å². The molecule has 30 heavy (non-hydrogen) atoms. The summed E-state index contributed by atoms with van der Waals surface area (Å²) in [5.41, 5.74) is 6.85.